The zero-order valence-corrected chi connectivity index (χ0v) is 12.1. The van der Waals surface area contributed by atoms with Crippen molar-refractivity contribution in [2.24, 2.45) is 0 Å². The third kappa shape index (κ3) is 3.98. The number of rotatable bonds is 4. The van der Waals surface area contributed by atoms with Crippen LogP contribution in [0, 0.1) is 0 Å². The molecule has 0 amide bonds. The zero-order valence-electron chi connectivity index (χ0n) is 11.3. The summed E-state index contributed by atoms with van der Waals surface area (Å²) in [4.78, 5) is 2.55. The number of hydrogen-bond acceptors (Lipinski definition) is 2. The average molecular weight is 267 g/mol. The van der Waals surface area contributed by atoms with Crippen molar-refractivity contribution in [2.45, 2.75) is 45.3 Å². The first-order chi connectivity index (χ1) is 8.65. The molecule has 1 aliphatic heterocycles. The number of hydrogen-bond donors (Lipinski definition) is 1. The molecule has 0 radical (unpaired) electrons. The maximum absolute atomic E-state index is 5.99. The fraction of sp³-hybridized carbons (Fsp3) is 0.600. The van der Waals surface area contributed by atoms with E-state index in [2.05, 4.69) is 30.1 Å². The molecule has 0 atom stereocenters. The highest BCUT2D eigenvalue weighted by Gasteiger charge is 2.20. The molecule has 1 fully saturated rings. The number of halogens is 1. The monoisotopic (exact) mass is 266 g/mol. The van der Waals surface area contributed by atoms with E-state index in [4.69, 9.17) is 11.6 Å². The van der Waals surface area contributed by atoms with Crippen LogP contribution in [0.2, 0.25) is 5.02 Å². The van der Waals surface area contributed by atoms with Gasteiger partial charge in [-0.15, -0.1) is 0 Å². The second-order valence-electron chi connectivity index (χ2n) is 5.41. The third-order valence-corrected chi connectivity index (χ3v) is 3.98. The Labute approximate surface area is 115 Å². The third-order valence-electron chi connectivity index (χ3n) is 3.74. The molecule has 1 heterocycles. The lowest BCUT2D eigenvalue weighted by molar-refractivity contribution is 0.161. The van der Waals surface area contributed by atoms with Crippen molar-refractivity contribution in [2.75, 3.05) is 13.1 Å². The van der Waals surface area contributed by atoms with Crippen molar-refractivity contribution in [1.82, 2.24) is 10.2 Å². The summed E-state index contributed by atoms with van der Waals surface area (Å²) in [6.45, 7) is 7.90. The van der Waals surface area contributed by atoms with Gasteiger partial charge in [0.15, 0.2) is 0 Å². The van der Waals surface area contributed by atoms with Gasteiger partial charge in [-0.2, -0.15) is 0 Å². The van der Waals surface area contributed by atoms with Gasteiger partial charge in [-0.3, -0.25) is 0 Å². The Morgan fingerprint density at radius 1 is 1.33 bits per heavy atom. The number of nitrogens with one attached hydrogen (secondary N) is 1. The molecule has 18 heavy (non-hydrogen) atoms. The van der Waals surface area contributed by atoms with Crippen LogP contribution in [0.5, 0.6) is 0 Å². The van der Waals surface area contributed by atoms with Gasteiger partial charge in [0.25, 0.3) is 0 Å². The van der Waals surface area contributed by atoms with Crippen LogP contribution in [-0.4, -0.2) is 30.1 Å². The minimum absolute atomic E-state index is 0.652. The van der Waals surface area contributed by atoms with Crippen LogP contribution in [0.15, 0.2) is 24.3 Å². The van der Waals surface area contributed by atoms with Crippen LogP contribution in [0.1, 0.15) is 32.3 Å². The van der Waals surface area contributed by atoms with E-state index < -0.39 is 0 Å². The Morgan fingerprint density at radius 2 is 2.06 bits per heavy atom. The molecule has 0 aliphatic carbocycles. The summed E-state index contributed by atoms with van der Waals surface area (Å²) in [5.74, 6) is 0. The largest absolute Gasteiger partial charge is 0.310 e. The van der Waals surface area contributed by atoms with Crippen LogP contribution in [0.3, 0.4) is 0 Å². The molecule has 2 nitrogen and oxygen atoms in total. The zero-order chi connectivity index (χ0) is 13.0. The van der Waals surface area contributed by atoms with Crippen LogP contribution in [0.4, 0.5) is 0 Å². The first kappa shape index (κ1) is 13.9. The Hall–Kier alpha value is -0.570. The fourth-order valence-corrected chi connectivity index (χ4v) is 2.74. The SMILES string of the molecule is CC(C)N1CCC(NCc2cccc(Cl)c2)CC1. The van der Waals surface area contributed by atoms with Crippen molar-refractivity contribution in [3.05, 3.63) is 34.9 Å². The summed E-state index contributed by atoms with van der Waals surface area (Å²) < 4.78 is 0. The lowest BCUT2D eigenvalue weighted by atomic mass is 10.0. The van der Waals surface area contributed by atoms with Gasteiger partial charge in [-0.1, -0.05) is 23.7 Å². The van der Waals surface area contributed by atoms with Gasteiger partial charge in [0, 0.05) is 23.7 Å². The smallest absolute Gasteiger partial charge is 0.0409 e. The van der Waals surface area contributed by atoms with Crippen molar-refractivity contribution < 1.29 is 0 Å². The van der Waals surface area contributed by atoms with Gasteiger partial charge in [0.1, 0.15) is 0 Å². The first-order valence-corrected chi connectivity index (χ1v) is 7.25. The number of nitrogens with zero attached hydrogens (tertiary/aromatic N) is 1. The molecule has 1 saturated heterocycles. The van der Waals surface area contributed by atoms with Crippen LogP contribution >= 0.6 is 11.6 Å². The first-order valence-electron chi connectivity index (χ1n) is 6.87. The molecule has 0 saturated carbocycles. The van der Waals surface area contributed by atoms with E-state index in [1.807, 2.05) is 18.2 Å². The summed E-state index contributed by atoms with van der Waals surface area (Å²) in [5.41, 5.74) is 1.27. The second kappa shape index (κ2) is 6.55. The van der Waals surface area contributed by atoms with Gasteiger partial charge in [0.05, 0.1) is 0 Å². The van der Waals surface area contributed by atoms with Crippen molar-refractivity contribution in [3.63, 3.8) is 0 Å². The Morgan fingerprint density at radius 3 is 2.67 bits per heavy atom. The van der Waals surface area contributed by atoms with Gasteiger partial charge in [-0.25, -0.2) is 0 Å². The maximum atomic E-state index is 5.99. The molecule has 1 N–H and O–H groups in total. The van der Waals surface area contributed by atoms with Crippen molar-refractivity contribution in [1.29, 1.82) is 0 Å². The van der Waals surface area contributed by atoms with Gasteiger partial charge in [-0.05, 0) is 57.5 Å². The van der Waals surface area contributed by atoms with Crippen LogP contribution in [0.25, 0.3) is 0 Å². The lowest BCUT2D eigenvalue weighted by Crippen LogP contribution is -2.44. The number of benzene rings is 1. The Balaban J connectivity index is 1.75. The molecular weight excluding hydrogens is 244 g/mol. The summed E-state index contributed by atoms with van der Waals surface area (Å²) in [6, 6.07) is 9.44. The molecule has 3 heteroatoms. The standard InChI is InChI=1S/C15H23ClN2/c1-12(2)18-8-6-15(7-9-18)17-11-13-4-3-5-14(16)10-13/h3-5,10,12,15,17H,6-9,11H2,1-2H3. The van der Waals surface area contributed by atoms with Crippen molar-refractivity contribution in [3.8, 4) is 0 Å². The molecule has 100 valence electrons. The topological polar surface area (TPSA) is 15.3 Å². The van der Waals surface area contributed by atoms with Crippen molar-refractivity contribution >= 4 is 11.6 Å². The van der Waals surface area contributed by atoms with E-state index in [0.29, 0.717) is 12.1 Å². The normalized spacial score (nSPS) is 18.4. The van der Waals surface area contributed by atoms with E-state index in [1.54, 1.807) is 0 Å². The minimum Gasteiger partial charge on any atom is -0.310 e. The summed E-state index contributed by atoms with van der Waals surface area (Å²) in [6.07, 6.45) is 2.50. The number of piperidine rings is 1. The summed E-state index contributed by atoms with van der Waals surface area (Å²) in [5, 5.41) is 4.46. The molecule has 0 bridgehead atoms. The van der Waals surface area contributed by atoms with Crippen LogP contribution < -0.4 is 5.32 Å². The van der Waals surface area contributed by atoms with Gasteiger partial charge >= 0.3 is 0 Å². The fourth-order valence-electron chi connectivity index (χ4n) is 2.53. The second-order valence-corrected chi connectivity index (χ2v) is 5.85. The van der Waals surface area contributed by atoms with E-state index in [0.717, 1.165) is 11.6 Å². The highest BCUT2D eigenvalue weighted by Crippen LogP contribution is 2.15. The quantitative estimate of drug-likeness (QED) is 0.900. The molecule has 1 aliphatic rings. The molecule has 2 rings (SSSR count). The highest BCUT2D eigenvalue weighted by atomic mass is 35.5. The highest BCUT2D eigenvalue weighted by molar-refractivity contribution is 6.30. The lowest BCUT2D eigenvalue weighted by Gasteiger charge is -2.35. The predicted octanol–water partition coefficient (Wildman–Crippen LogP) is 3.30. The Kier molecular flexibility index (Phi) is 5.04. The Bertz CT molecular complexity index is 371. The number of likely N-dealkylation sites (tertiary alicyclic amines) is 1. The van der Waals surface area contributed by atoms with Crippen LogP contribution in [-0.2, 0) is 6.54 Å². The minimum atomic E-state index is 0.652. The average Bonchev–Trinajstić information content (AvgIpc) is 2.37. The predicted molar refractivity (Wildman–Crippen MR) is 78.0 cm³/mol. The van der Waals surface area contributed by atoms with E-state index >= 15 is 0 Å². The summed E-state index contributed by atoms with van der Waals surface area (Å²) in [7, 11) is 0. The molecule has 1 aromatic carbocycles. The van der Waals surface area contributed by atoms with E-state index in [-0.39, 0.29) is 0 Å². The molecule has 0 unspecified atom stereocenters. The summed E-state index contributed by atoms with van der Waals surface area (Å²) >= 11 is 5.99. The van der Waals surface area contributed by atoms with E-state index in [9.17, 15) is 0 Å². The molecular formula is C15H23ClN2. The molecule has 1 aromatic rings. The van der Waals surface area contributed by atoms with Gasteiger partial charge in [0.2, 0.25) is 0 Å². The van der Waals surface area contributed by atoms with Gasteiger partial charge < -0.3 is 10.2 Å². The molecule has 0 aromatic heterocycles. The molecule has 0 spiro atoms. The van der Waals surface area contributed by atoms with E-state index in [1.165, 1.54) is 31.5 Å². The maximum Gasteiger partial charge on any atom is 0.0409 e.